The Morgan fingerprint density at radius 3 is 3.00 bits per heavy atom. The maximum Gasteiger partial charge on any atom is 0.309 e. The van der Waals surface area contributed by atoms with E-state index in [0.29, 0.717) is 13.0 Å². The van der Waals surface area contributed by atoms with Crippen LogP contribution in [0.25, 0.3) is 0 Å². The van der Waals surface area contributed by atoms with Crippen molar-refractivity contribution in [1.29, 1.82) is 0 Å². The number of rotatable bonds is 3. The molecule has 0 heterocycles. The van der Waals surface area contributed by atoms with Crippen LogP contribution in [-0.2, 0) is 16.0 Å². The molecule has 0 saturated carbocycles. The predicted molar refractivity (Wildman–Crippen MR) is 62.7 cm³/mol. The Morgan fingerprint density at radius 2 is 2.31 bits per heavy atom. The second-order valence-electron chi connectivity index (χ2n) is 3.29. The molecule has 0 aliphatic heterocycles. The molecule has 0 aliphatic rings. The summed E-state index contributed by atoms with van der Waals surface area (Å²) in [7, 11) is 1.38. The number of carbonyl (C=O) groups is 1. The highest BCUT2D eigenvalue weighted by molar-refractivity contribution is 5.72. The van der Waals surface area contributed by atoms with E-state index in [0.717, 1.165) is 11.1 Å². The number of benzene rings is 1. The van der Waals surface area contributed by atoms with Crippen molar-refractivity contribution in [2.45, 2.75) is 12.8 Å². The summed E-state index contributed by atoms with van der Waals surface area (Å²) in [5, 5.41) is 0. The monoisotopic (exact) mass is 217 g/mol. The van der Waals surface area contributed by atoms with Crippen LogP contribution in [0.5, 0.6) is 0 Å². The third-order valence-electron chi connectivity index (χ3n) is 2.01. The van der Waals surface area contributed by atoms with Crippen molar-refractivity contribution in [3.8, 4) is 11.8 Å². The molecule has 0 aromatic heterocycles. The number of esters is 1. The summed E-state index contributed by atoms with van der Waals surface area (Å²) in [6, 6.07) is 7.56. The third kappa shape index (κ3) is 4.16. The molecule has 0 unspecified atom stereocenters. The average Bonchev–Trinajstić information content (AvgIpc) is 2.30. The standard InChI is InChI=1S/C13H15NO2/c1-16-13(15)10-12-7-4-6-11(9-12)5-2-3-8-14/h4,6-7,9H,3,8,10,14H2,1H3. The van der Waals surface area contributed by atoms with Crippen LogP contribution in [0.1, 0.15) is 17.5 Å². The van der Waals surface area contributed by atoms with E-state index in [-0.39, 0.29) is 12.4 Å². The first-order valence-electron chi connectivity index (χ1n) is 5.11. The van der Waals surface area contributed by atoms with Gasteiger partial charge in [0.1, 0.15) is 0 Å². The van der Waals surface area contributed by atoms with E-state index >= 15 is 0 Å². The fraction of sp³-hybridized carbons (Fsp3) is 0.308. The summed E-state index contributed by atoms with van der Waals surface area (Å²) in [5.74, 6) is 5.71. The second kappa shape index (κ2) is 6.65. The normalized spacial score (nSPS) is 9.12. The molecule has 0 spiro atoms. The molecule has 16 heavy (non-hydrogen) atoms. The highest BCUT2D eigenvalue weighted by Gasteiger charge is 2.02. The molecule has 0 bridgehead atoms. The molecule has 0 radical (unpaired) electrons. The third-order valence-corrected chi connectivity index (χ3v) is 2.01. The first-order valence-corrected chi connectivity index (χ1v) is 5.11. The van der Waals surface area contributed by atoms with Gasteiger partial charge in [0.15, 0.2) is 0 Å². The maximum absolute atomic E-state index is 11.1. The van der Waals surface area contributed by atoms with Gasteiger partial charge in [-0.2, -0.15) is 0 Å². The van der Waals surface area contributed by atoms with Gasteiger partial charge in [0, 0.05) is 18.5 Å². The van der Waals surface area contributed by atoms with E-state index in [1.54, 1.807) is 0 Å². The van der Waals surface area contributed by atoms with Gasteiger partial charge in [-0.1, -0.05) is 24.0 Å². The largest absolute Gasteiger partial charge is 0.469 e. The summed E-state index contributed by atoms with van der Waals surface area (Å²) in [6.07, 6.45) is 0.962. The SMILES string of the molecule is COC(=O)Cc1cccc(C#CCCN)c1. The second-order valence-corrected chi connectivity index (χ2v) is 3.29. The zero-order valence-corrected chi connectivity index (χ0v) is 9.32. The van der Waals surface area contributed by atoms with Crippen LogP contribution in [0, 0.1) is 11.8 Å². The lowest BCUT2D eigenvalue weighted by Crippen LogP contribution is -2.04. The van der Waals surface area contributed by atoms with Crippen LogP contribution >= 0.6 is 0 Å². The number of ether oxygens (including phenoxy) is 1. The lowest BCUT2D eigenvalue weighted by Gasteiger charge is -2.00. The lowest BCUT2D eigenvalue weighted by molar-refractivity contribution is -0.139. The van der Waals surface area contributed by atoms with Crippen molar-refractivity contribution in [3.05, 3.63) is 35.4 Å². The smallest absolute Gasteiger partial charge is 0.309 e. The van der Waals surface area contributed by atoms with Gasteiger partial charge in [0.25, 0.3) is 0 Å². The first kappa shape index (κ1) is 12.3. The van der Waals surface area contributed by atoms with E-state index in [4.69, 9.17) is 5.73 Å². The summed E-state index contributed by atoms with van der Waals surface area (Å²) >= 11 is 0. The highest BCUT2D eigenvalue weighted by Crippen LogP contribution is 2.05. The van der Waals surface area contributed by atoms with Crippen molar-refractivity contribution in [2.75, 3.05) is 13.7 Å². The Morgan fingerprint density at radius 1 is 1.50 bits per heavy atom. The molecule has 0 fully saturated rings. The molecule has 0 aliphatic carbocycles. The van der Waals surface area contributed by atoms with Crippen molar-refractivity contribution in [2.24, 2.45) is 5.73 Å². The number of carbonyl (C=O) groups excluding carboxylic acids is 1. The molecule has 2 N–H and O–H groups in total. The lowest BCUT2D eigenvalue weighted by atomic mass is 10.1. The molecule has 1 rings (SSSR count). The Bertz CT molecular complexity index is 415. The van der Waals surface area contributed by atoms with Crippen LogP contribution in [0.4, 0.5) is 0 Å². The quantitative estimate of drug-likeness (QED) is 0.609. The van der Waals surface area contributed by atoms with Gasteiger partial charge in [-0.25, -0.2) is 0 Å². The van der Waals surface area contributed by atoms with Gasteiger partial charge >= 0.3 is 5.97 Å². The van der Waals surface area contributed by atoms with Gasteiger partial charge in [0.2, 0.25) is 0 Å². The Kier molecular flexibility index (Phi) is 5.10. The van der Waals surface area contributed by atoms with E-state index < -0.39 is 0 Å². The van der Waals surface area contributed by atoms with Gasteiger partial charge < -0.3 is 10.5 Å². The number of hydrogen-bond acceptors (Lipinski definition) is 3. The molecule has 84 valence electrons. The van der Waals surface area contributed by atoms with Crippen LogP contribution < -0.4 is 5.73 Å². The fourth-order valence-corrected chi connectivity index (χ4v) is 1.23. The minimum Gasteiger partial charge on any atom is -0.469 e. The van der Waals surface area contributed by atoms with Crippen LogP contribution in [0.15, 0.2) is 24.3 Å². The van der Waals surface area contributed by atoms with Crippen molar-refractivity contribution in [3.63, 3.8) is 0 Å². The summed E-state index contributed by atoms with van der Waals surface area (Å²) < 4.78 is 4.60. The molecule has 1 aromatic rings. The summed E-state index contributed by atoms with van der Waals surface area (Å²) in [4.78, 5) is 11.1. The minimum atomic E-state index is -0.243. The zero-order chi connectivity index (χ0) is 11.8. The van der Waals surface area contributed by atoms with Gasteiger partial charge in [0.05, 0.1) is 13.5 Å². The number of hydrogen-bond donors (Lipinski definition) is 1. The Hall–Kier alpha value is -1.79. The Labute approximate surface area is 95.6 Å². The number of methoxy groups -OCH3 is 1. The predicted octanol–water partition coefficient (Wildman–Crippen LogP) is 1.10. The topological polar surface area (TPSA) is 52.3 Å². The highest BCUT2D eigenvalue weighted by atomic mass is 16.5. The molecular weight excluding hydrogens is 202 g/mol. The summed E-state index contributed by atoms with van der Waals surface area (Å²) in [6.45, 7) is 0.564. The van der Waals surface area contributed by atoms with Crippen LogP contribution in [0.2, 0.25) is 0 Å². The van der Waals surface area contributed by atoms with E-state index in [1.165, 1.54) is 7.11 Å². The van der Waals surface area contributed by atoms with Gasteiger partial charge in [-0.05, 0) is 17.7 Å². The van der Waals surface area contributed by atoms with Crippen molar-refractivity contribution in [1.82, 2.24) is 0 Å². The number of nitrogens with two attached hydrogens (primary N) is 1. The van der Waals surface area contributed by atoms with Gasteiger partial charge in [-0.15, -0.1) is 0 Å². The van der Waals surface area contributed by atoms with Crippen molar-refractivity contribution >= 4 is 5.97 Å². The molecule has 0 saturated heterocycles. The Balaban J connectivity index is 2.72. The fourth-order valence-electron chi connectivity index (χ4n) is 1.23. The first-order chi connectivity index (χ1) is 7.76. The molecule has 0 atom stereocenters. The summed E-state index contributed by atoms with van der Waals surface area (Å²) in [5.41, 5.74) is 7.15. The van der Waals surface area contributed by atoms with Gasteiger partial charge in [-0.3, -0.25) is 4.79 Å². The van der Waals surface area contributed by atoms with E-state index in [9.17, 15) is 4.79 Å². The van der Waals surface area contributed by atoms with E-state index in [1.807, 2.05) is 24.3 Å². The zero-order valence-electron chi connectivity index (χ0n) is 9.32. The van der Waals surface area contributed by atoms with Crippen LogP contribution in [-0.4, -0.2) is 19.6 Å². The molecular formula is C13H15NO2. The minimum absolute atomic E-state index is 0.243. The van der Waals surface area contributed by atoms with E-state index in [2.05, 4.69) is 16.6 Å². The molecule has 1 aromatic carbocycles. The maximum atomic E-state index is 11.1. The van der Waals surface area contributed by atoms with Crippen LogP contribution in [0.3, 0.4) is 0 Å². The van der Waals surface area contributed by atoms with Crippen molar-refractivity contribution < 1.29 is 9.53 Å². The molecule has 0 amide bonds. The molecule has 3 heteroatoms. The average molecular weight is 217 g/mol. The molecule has 3 nitrogen and oxygen atoms in total.